The molecule has 12 heteroatoms. The van der Waals surface area contributed by atoms with E-state index < -0.39 is 42.4 Å². The normalized spacial score (nSPS) is 25.6. The Morgan fingerprint density at radius 1 is 1.18 bits per heavy atom. The zero-order valence-corrected chi connectivity index (χ0v) is 15.6. The Morgan fingerprint density at radius 2 is 1.86 bits per heavy atom. The summed E-state index contributed by atoms with van der Waals surface area (Å²) in [5.41, 5.74) is 6.37. The van der Waals surface area contributed by atoms with Crippen molar-refractivity contribution in [2.24, 2.45) is 0 Å². The van der Waals surface area contributed by atoms with Gasteiger partial charge in [0, 0.05) is 20.8 Å². The zero-order chi connectivity index (χ0) is 20.4. The van der Waals surface area contributed by atoms with E-state index in [9.17, 15) is 14.4 Å². The SMILES string of the molecule is CC(=O)OC[C@@H]1O[C@@H](N2CNc3c(N)ncnc32)[C@@H](OC(C)=O)[C@@H]1OC(C)=O. The molecule has 2 aliphatic heterocycles. The summed E-state index contributed by atoms with van der Waals surface area (Å²) in [6.07, 6.45) is -2.37. The monoisotopic (exact) mass is 395 g/mol. The van der Waals surface area contributed by atoms with Crippen LogP contribution in [0.4, 0.5) is 17.3 Å². The lowest BCUT2D eigenvalue weighted by molar-refractivity contribution is -0.165. The summed E-state index contributed by atoms with van der Waals surface area (Å²) < 4.78 is 21.7. The highest BCUT2D eigenvalue weighted by molar-refractivity contribution is 5.80. The Balaban J connectivity index is 1.92. The topological polar surface area (TPSA) is 155 Å². The molecule has 0 bridgehead atoms. The molecule has 1 fully saturated rings. The molecular formula is C16H21N5O7. The van der Waals surface area contributed by atoms with Crippen LogP contribution >= 0.6 is 0 Å². The number of nitrogens with one attached hydrogen (secondary N) is 1. The summed E-state index contributed by atoms with van der Waals surface area (Å²) in [6, 6.07) is 0. The molecule has 1 saturated heterocycles. The van der Waals surface area contributed by atoms with Crippen molar-refractivity contribution in [2.45, 2.75) is 45.3 Å². The zero-order valence-electron chi connectivity index (χ0n) is 15.6. The highest BCUT2D eigenvalue weighted by atomic mass is 16.7. The quantitative estimate of drug-likeness (QED) is 0.483. The van der Waals surface area contributed by atoms with Crippen molar-refractivity contribution < 1.29 is 33.3 Å². The average Bonchev–Trinajstić information content (AvgIpc) is 3.16. The molecule has 0 spiro atoms. The first kappa shape index (κ1) is 19.6. The Hall–Kier alpha value is -3.15. The van der Waals surface area contributed by atoms with E-state index in [-0.39, 0.29) is 19.1 Å². The number of aromatic nitrogens is 2. The lowest BCUT2D eigenvalue weighted by atomic mass is 10.1. The number of nitrogens with zero attached hydrogens (tertiary/aromatic N) is 3. The predicted molar refractivity (Wildman–Crippen MR) is 93.8 cm³/mol. The second kappa shape index (κ2) is 7.84. The van der Waals surface area contributed by atoms with Gasteiger partial charge in [0.25, 0.3) is 0 Å². The summed E-state index contributed by atoms with van der Waals surface area (Å²) >= 11 is 0. The highest BCUT2D eigenvalue weighted by Gasteiger charge is 2.53. The molecule has 0 amide bonds. The molecule has 28 heavy (non-hydrogen) atoms. The summed E-state index contributed by atoms with van der Waals surface area (Å²) in [7, 11) is 0. The van der Waals surface area contributed by atoms with Crippen molar-refractivity contribution in [1.29, 1.82) is 0 Å². The molecule has 0 unspecified atom stereocenters. The van der Waals surface area contributed by atoms with Gasteiger partial charge in [0.1, 0.15) is 24.7 Å². The van der Waals surface area contributed by atoms with E-state index in [0.717, 1.165) is 0 Å². The van der Waals surface area contributed by atoms with Crippen molar-refractivity contribution >= 4 is 35.2 Å². The van der Waals surface area contributed by atoms with Gasteiger partial charge in [-0.05, 0) is 0 Å². The number of fused-ring (bicyclic) bond motifs is 1. The molecule has 3 rings (SSSR count). The van der Waals surface area contributed by atoms with Crippen LogP contribution in [0.5, 0.6) is 0 Å². The molecule has 2 aliphatic rings. The lowest BCUT2D eigenvalue weighted by Gasteiger charge is -2.29. The number of nitrogen functional groups attached to an aromatic ring is 1. The number of nitrogens with two attached hydrogens (primary N) is 1. The van der Waals surface area contributed by atoms with Crippen LogP contribution in [0.1, 0.15) is 20.8 Å². The minimum Gasteiger partial charge on any atom is -0.463 e. The largest absolute Gasteiger partial charge is 0.463 e. The molecule has 4 atom stereocenters. The van der Waals surface area contributed by atoms with E-state index in [4.69, 9.17) is 24.7 Å². The average molecular weight is 395 g/mol. The van der Waals surface area contributed by atoms with Gasteiger partial charge in [-0.15, -0.1) is 0 Å². The van der Waals surface area contributed by atoms with E-state index in [1.54, 1.807) is 4.90 Å². The van der Waals surface area contributed by atoms with Crippen LogP contribution in [-0.4, -0.2) is 65.7 Å². The molecule has 12 nitrogen and oxygen atoms in total. The smallest absolute Gasteiger partial charge is 0.303 e. The Morgan fingerprint density at radius 3 is 2.50 bits per heavy atom. The van der Waals surface area contributed by atoms with Gasteiger partial charge in [-0.1, -0.05) is 0 Å². The molecule has 3 N–H and O–H groups in total. The van der Waals surface area contributed by atoms with Crippen molar-refractivity contribution in [3.63, 3.8) is 0 Å². The molecule has 0 aliphatic carbocycles. The molecule has 1 aromatic rings. The van der Waals surface area contributed by atoms with E-state index >= 15 is 0 Å². The second-order valence-electron chi connectivity index (χ2n) is 6.28. The van der Waals surface area contributed by atoms with Crippen LogP contribution in [0.15, 0.2) is 6.33 Å². The minimum atomic E-state index is -0.981. The number of rotatable bonds is 5. The number of hydrogen-bond acceptors (Lipinski definition) is 12. The fraction of sp³-hybridized carbons (Fsp3) is 0.562. The number of carbonyl (C=O) groups is 3. The first-order chi connectivity index (χ1) is 13.3. The van der Waals surface area contributed by atoms with E-state index in [1.165, 1.54) is 27.1 Å². The van der Waals surface area contributed by atoms with Gasteiger partial charge in [0.15, 0.2) is 30.1 Å². The van der Waals surface area contributed by atoms with E-state index in [0.29, 0.717) is 11.5 Å². The fourth-order valence-electron chi connectivity index (χ4n) is 3.17. The van der Waals surface area contributed by atoms with Crippen molar-refractivity contribution in [2.75, 3.05) is 29.2 Å². The van der Waals surface area contributed by atoms with Gasteiger partial charge in [-0.2, -0.15) is 0 Å². The van der Waals surface area contributed by atoms with E-state index in [2.05, 4.69) is 15.3 Å². The number of anilines is 3. The first-order valence-electron chi connectivity index (χ1n) is 8.52. The van der Waals surface area contributed by atoms with Crippen molar-refractivity contribution in [3.05, 3.63) is 6.33 Å². The molecule has 152 valence electrons. The maximum Gasteiger partial charge on any atom is 0.303 e. The molecule has 1 aromatic heterocycles. The van der Waals surface area contributed by atoms with E-state index in [1.807, 2.05) is 0 Å². The third kappa shape index (κ3) is 3.91. The number of ether oxygens (including phenoxy) is 4. The van der Waals surface area contributed by atoms with Crippen molar-refractivity contribution in [3.8, 4) is 0 Å². The van der Waals surface area contributed by atoms with Gasteiger partial charge >= 0.3 is 17.9 Å². The van der Waals surface area contributed by atoms with Gasteiger partial charge < -0.3 is 34.9 Å². The predicted octanol–water partition coefficient (Wildman–Crippen LogP) is -0.600. The second-order valence-corrected chi connectivity index (χ2v) is 6.28. The maximum atomic E-state index is 11.7. The fourth-order valence-corrected chi connectivity index (χ4v) is 3.17. The summed E-state index contributed by atoms with van der Waals surface area (Å²) in [6.45, 7) is 3.77. The van der Waals surface area contributed by atoms with Crippen LogP contribution in [0.2, 0.25) is 0 Å². The minimum absolute atomic E-state index is 0.179. The Bertz CT molecular complexity index is 789. The molecule has 0 saturated carbocycles. The summed E-state index contributed by atoms with van der Waals surface area (Å²) in [4.78, 5) is 44.3. The Kier molecular flexibility index (Phi) is 5.49. The third-order valence-corrected chi connectivity index (χ3v) is 4.20. The van der Waals surface area contributed by atoms with Crippen LogP contribution in [-0.2, 0) is 33.3 Å². The van der Waals surface area contributed by atoms with Crippen molar-refractivity contribution in [1.82, 2.24) is 9.97 Å². The standard InChI is InChI=1S/C16H21N5O7/c1-7(22)25-4-10-12(26-8(2)23)13(27-9(3)24)16(28-10)21-6-20-11-14(17)18-5-19-15(11)21/h5,10,12-13,16,20H,4,6H2,1-3H3,(H2,17,18,19)/t10-,12+,13-,16+/m0/s1. The lowest BCUT2D eigenvalue weighted by Crippen LogP contribution is -2.47. The molecule has 3 heterocycles. The summed E-state index contributed by atoms with van der Waals surface area (Å²) in [5, 5.41) is 3.05. The number of carbonyl (C=O) groups excluding carboxylic acids is 3. The number of esters is 3. The van der Waals surface area contributed by atoms with Crippen LogP contribution in [0.3, 0.4) is 0 Å². The first-order valence-corrected chi connectivity index (χ1v) is 8.52. The van der Waals surface area contributed by atoms with Gasteiger partial charge in [0.2, 0.25) is 0 Å². The summed E-state index contributed by atoms with van der Waals surface area (Å²) in [5.74, 6) is -0.998. The van der Waals surface area contributed by atoms with Crippen LogP contribution in [0, 0.1) is 0 Å². The van der Waals surface area contributed by atoms with Crippen LogP contribution in [0.25, 0.3) is 0 Å². The Labute approximate surface area is 160 Å². The van der Waals surface area contributed by atoms with Gasteiger partial charge in [-0.25, -0.2) is 9.97 Å². The number of hydrogen-bond donors (Lipinski definition) is 2. The molecule has 0 aromatic carbocycles. The van der Waals surface area contributed by atoms with Gasteiger partial charge in [-0.3, -0.25) is 14.4 Å². The highest BCUT2D eigenvalue weighted by Crippen LogP contribution is 2.38. The third-order valence-electron chi connectivity index (χ3n) is 4.20. The van der Waals surface area contributed by atoms with Crippen LogP contribution < -0.4 is 16.0 Å². The molecular weight excluding hydrogens is 374 g/mol. The maximum absolute atomic E-state index is 11.7. The van der Waals surface area contributed by atoms with Gasteiger partial charge in [0.05, 0.1) is 6.67 Å². The molecule has 0 radical (unpaired) electrons.